The molecule has 6 heteroatoms. The Morgan fingerprint density at radius 3 is 2.58 bits per heavy atom. The molecule has 0 radical (unpaired) electrons. The Hall–Kier alpha value is -0.620. The van der Waals surface area contributed by atoms with E-state index in [1.807, 2.05) is 0 Å². The Bertz CT molecular complexity index is 622. The minimum absolute atomic E-state index is 0.0871. The second-order valence-corrected chi connectivity index (χ2v) is 5.85. The van der Waals surface area contributed by atoms with Gasteiger partial charge < -0.3 is 10.5 Å². The Morgan fingerprint density at radius 1 is 1.16 bits per heavy atom. The molecule has 0 spiro atoms. The van der Waals surface area contributed by atoms with Gasteiger partial charge in [-0.25, -0.2) is 4.39 Å². The summed E-state index contributed by atoms with van der Waals surface area (Å²) in [5, 5.41) is 0.404. The fourth-order valence-corrected chi connectivity index (χ4v) is 2.47. The van der Waals surface area contributed by atoms with Crippen LogP contribution in [-0.4, -0.2) is 0 Å². The average molecular weight is 409 g/mol. The molecule has 0 heterocycles. The third-order valence-electron chi connectivity index (χ3n) is 2.46. The van der Waals surface area contributed by atoms with Crippen LogP contribution in [0.2, 0.25) is 5.02 Å². The van der Waals surface area contributed by atoms with E-state index in [9.17, 15) is 4.39 Å². The van der Waals surface area contributed by atoms with E-state index in [0.29, 0.717) is 20.8 Å². The van der Waals surface area contributed by atoms with Crippen LogP contribution in [0.15, 0.2) is 39.3 Å². The van der Waals surface area contributed by atoms with Gasteiger partial charge >= 0.3 is 0 Å². The highest BCUT2D eigenvalue weighted by atomic mass is 79.9. The summed E-state index contributed by atoms with van der Waals surface area (Å²) in [6.45, 7) is 0.245. The molecule has 0 aliphatic rings. The summed E-state index contributed by atoms with van der Waals surface area (Å²) in [6.07, 6.45) is 0. The first-order chi connectivity index (χ1) is 9.02. The topological polar surface area (TPSA) is 35.2 Å². The molecule has 0 atom stereocenters. The quantitative estimate of drug-likeness (QED) is 0.751. The third kappa shape index (κ3) is 3.28. The first-order valence-corrected chi connectivity index (χ1v) is 7.29. The van der Waals surface area contributed by atoms with E-state index in [1.165, 1.54) is 6.07 Å². The number of rotatable bonds is 3. The van der Waals surface area contributed by atoms with Crippen molar-refractivity contribution in [2.45, 2.75) is 6.54 Å². The van der Waals surface area contributed by atoms with Crippen LogP contribution in [0.1, 0.15) is 5.56 Å². The Morgan fingerprint density at radius 2 is 1.89 bits per heavy atom. The molecule has 2 aromatic rings. The highest BCUT2D eigenvalue weighted by molar-refractivity contribution is 9.10. The van der Waals surface area contributed by atoms with Crippen LogP contribution in [0.5, 0.6) is 11.5 Å². The zero-order valence-electron chi connectivity index (χ0n) is 9.59. The van der Waals surface area contributed by atoms with Gasteiger partial charge in [0, 0.05) is 11.0 Å². The van der Waals surface area contributed by atoms with Gasteiger partial charge in [0.25, 0.3) is 0 Å². The van der Waals surface area contributed by atoms with E-state index in [-0.39, 0.29) is 12.3 Å². The predicted molar refractivity (Wildman–Crippen MR) is 81.2 cm³/mol. The molecule has 0 aliphatic heterocycles. The zero-order chi connectivity index (χ0) is 14.0. The lowest BCUT2D eigenvalue weighted by atomic mass is 10.2. The average Bonchev–Trinajstić information content (AvgIpc) is 2.39. The van der Waals surface area contributed by atoms with Crippen molar-refractivity contribution >= 4 is 43.5 Å². The fourth-order valence-electron chi connectivity index (χ4n) is 1.48. The molecule has 0 saturated heterocycles. The van der Waals surface area contributed by atoms with Gasteiger partial charge in [-0.15, -0.1) is 0 Å². The van der Waals surface area contributed by atoms with Crippen molar-refractivity contribution in [3.63, 3.8) is 0 Å². The van der Waals surface area contributed by atoms with Gasteiger partial charge in [0.05, 0.1) is 9.50 Å². The van der Waals surface area contributed by atoms with Crippen LogP contribution in [0.4, 0.5) is 4.39 Å². The van der Waals surface area contributed by atoms with E-state index in [2.05, 4.69) is 31.9 Å². The molecule has 19 heavy (non-hydrogen) atoms. The van der Waals surface area contributed by atoms with Crippen LogP contribution in [-0.2, 0) is 6.54 Å². The van der Waals surface area contributed by atoms with Gasteiger partial charge in [-0.1, -0.05) is 33.6 Å². The Labute approximate surface area is 132 Å². The molecule has 0 amide bonds. The van der Waals surface area contributed by atoms with E-state index in [4.69, 9.17) is 22.1 Å². The summed E-state index contributed by atoms with van der Waals surface area (Å²) in [5.74, 6) is -0.0367. The summed E-state index contributed by atoms with van der Waals surface area (Å²) in [7, 11) is 0. The number of hydrogen-bond acceptors (Lipinski definition) is 2. The van der Waals surface area contributed by atoms with E-state index >= 15 is 0 Å². The van der Waals surface area contributed by atoms with Gasteiger partial charge in [0.15, 0.2) is 11.6 Å². The van der Waals surface area contributed by atoms with Crippen molar-refractivity contribution < 1.29 is 9.13 Å². The van der Waals surface area contributed by atoms with Gasteiger partial charge in [-0.05, 0) is 45.8 Å². The minimum Gasteiger partial charge on any atom is -0.453 e. The van der Waals surface area contributed by atoms with Gasteiger partial charge in [-0.2, -0.15) is 0 Å². The number of halogens is 4. The van der Waals surface area contributed by atoms with Crippen molar-refractivity contribution in [1.82, 2.24) is 0 Å². The molecule has 2 N–H and O–H groups in total. The molecular weight excluding hydrogens is 400 g/mol. The van der Waals surface area contributed by atoms with Crippen molar-refractivity contribution in [2.24, 2.45) is 5.73 Å². The predicted octanol–water partition coefficient (Wildman–Crippen LogP) is 5.26. The van der Waals surface area contributed by atoms with Crippen LogP contribution in [0.3, 0.4) is 0 Å². The van der Waals surface area contributed by atoms with Crippen LogP contribution < -0.4 is 10.5 Å². The zero-order valence-corrected chi connectivity index (χ0v) is 13.5. The standard InChI is InChI=1S/C13H9Br2ClFNO/c14-8-2-3-9(16)11(5-8)19-10-4-1-7(6-18)12(15)13(10)17/h1-5H,6,18H2. The van der Waals surface area contributed by atoms with Gasteiger partial charge in [0.2, 0.25) is 0 Å². The van der Waals surface area contributed by atoms with Crippen molar-refractivity contribution in [3.05, 3.63) is 55.7 Å². The largest absolute Gasteiger partial charge is 0.453 e. The van der Waals surface area contributed by atoms with Crippen molar-refractivity contribution in [2.75, 3.05) is 0 Å². The molecule has 0 aromatic heterocycles. The maximum Gasteiger partial charge on any atom is 0.180 e. The molecule has 2 aromatic carbocycles. The molecule has 2 nitrogen and oxygen atoms in total. The molecule has 0 aliphatic carbocycles. The van der Waals surface area contributed by atoms with Crippen molar-refractivity contribution in [1.29, 1.82) is 0 Å². The maximum absolute atomic E-state index is 14.1. The molecule has 0 saturated carbocycles. The molecule has 100 valence electrons. The lowest BCUT2D eigenvalue weighted by Crippen LogP contribution is -2.00. The highest BCUT2D eigenvalue weighted by Gasteiger charge is 2.13. The van der Waals surface area contributed by atoms with Crippen LogP contribution >= 0.6 is 43.5 Å². The Balaban J connectivity index is 2.39. The monoisotopic (exact) mass is 407 g/mol. The first-order valence-electron chi connectivity index (χ1n) is 5.32. The van der Waals surface area contributed by atoms with Gasteiger partial charge in [-0.3, -0.25) is 0 Å². The summed E-state index contributed by atoms with van der Waals surface area (Å²) in [6, 6.07) is 8.35. The number of nitrogens with two attached hydrogens (primary N) is 1. The normalized spacial score (nSPS) is 10.6. The maximum atomic E-state index is 14.1. The van der Waals surface area contributed by atoms with Crippen molar-refractivity contribution in [3.8, 4) is 11.5 Å². The van der Waals surface area contributed by atoms with Crippen LogP contribution in [0, 0.1) is 5.82 Å². The second-order valence-electron chi connectivity index (χ2n) is 3.73. The number of hydrogen-bond donors (Lipinski definition) is 1. The summed E-state index contributed by atoms with van der Waals surface area (Å²) in [4.78, 5) is 0. The first kappa shape index (κ1) is 14.8. The molecule has 0 bridgehead atoms. The van der Waals surface area contributed by atoms with E-state index in [0.717, 1.165) is 4.47 Å². The Kier molecular flexibility index (Phi) is 4.84. The van der Waals surface area contributed by atoms with Gasteiger partial charge in [0.1, 0.15) is 5.75 Å². The van der Waals surface area contributed by atoms with E-state index in [1.54, 1.807) is 24.3 Å². The SMILES string of the molecule is NCc1ccc(Oc2cc(Br)ccc2Cl)c(F)c1Br. The highest BCUT2D eigenvalue weighted by Crippen LogP contribution is 2.35. The fraction of sp³-hybridized carbons (Fsp3) is 0.0769. The molecule has 0 unspecified atom stereocenters. The molecular formula is C13H9Br2ClFNO. The second kappa shape index (κ2) is 6.22. The lowest BCUT2D eigenvalue weighted by Gasteiger charge is -2.11. The smallest absolute Gasteiger partial charge is 0.180 e. The summed E-state index contributed by atoms with van der Waals surface area (Å²) < 4.78 is 20.7. The number of ether oxygens (including phenoxy) is 1. The minimum atomic E-state index is -0.501. The molecule has 0 fully saturated rings. The summed E-state index contributed by atoms with van der Waals surface area (Å²) >= 11 is 12.5. The van der Waals surface area contributed by atoms with Crippen LogP contribution in [0.25, 0.3) is 0 Å². The molecule has 2 rings (SSSR count). The number of benzene rings is 2. The third-order valence-corrected chi connectivity index (χ3v) is 4.12. The summed E-state index contributed by atoms with van der Waals surface area (Å²) in [5.41, 5.74) is 6.17. The van der Waals surface area contributed by atoms with E-state index < -0.39 is 5.82 Å². The lowest BCUT2D eigenvalue weighted by molar-refractivity contribution is 0.439.